The summed E-state index contributed by atoms with van der Waals surface area (Å²) in [6.07, 6.45) is 1.74. The summed E-state index contributed by atoms with van der Waals surface area (Å²) in [4.78, 5) is 4.50. The van der Waals surface area contributed by atoms with E-state index in [1.165, 1.54) is 0 Å². The molecule has 5 heteroatoms. The van der Waals surface area contributed by atoms with Gasteiger partial charge in [-0.1, -0.05) is 70.8 Å². The molecular weight excluding hydrogens is 437 g/mol. The van der Waals surface area contributed by atoms with E-state index < -0.39 is 19.4 Å². The summed E-state index contributed by atoms with van der Waals surface area (Å²) in [5, 5.41) is 5.14. The first kappa shape index (κ1) is 24.1. The minimum Gasteiger partial charge on any atom is -0.321 e. The summed E-state index contributed by atoms with van der Waals surface area (Å²) < 4.78 is 15.2. The molecule has 4 rings (SSSR count). The molecule has 0 radical (unpaired) electrons. The van der Waals surface area contributed by atoms with Crippen molar-refractivity contribution in [3.8, 4) is 0 Å². The fourth-order valence-corrected chi connectivity index (χ4v) is 7.36. The van der Waals surface area contributed by atoms with Crippen LogP contribution < -0.4 is 21.4 Å². The Bertz CT molecular complexity index is 1230. The maximum atomic E-state index is 15.2. The molecule has 34 heavy (non-hydrogen) atoms. The van der Waals surface area contributed by atoms with E-state index in [2.05, 4.69) is 22.2 Å². The first-order valence-corrected chi connectivity index (χ1v) is 13.2. The molecule has 0 saturated heterocycles. The van der Waals surface area contributed by atoms with E-state index in [1.54, 1.807) is 6.20 Å². The maximum absolute atomic E-state index is 15.2. The summed E-state index contributed by atoms with van der Waals surface area (Å²) in [6, 6.07) is 27.1. The van der Waals surface area contributed by atoms with Crippen LogP contribution in [0.5, 0.6) is 0 Å². The van der Waals surface area contributed by atoms with Gasteiger partial charge in [0.25, 0.3) is 0 Å². The minimum absolute atomic E-state index is 0.413. The number of aromatic nitrogens is 1. The number of nitrogens with one attached hydrogen (secondary N) is 1. The van der Waals surface area contributed by atoms with Gasteiger partial charge in [0, 0.05) is 16.8 Å². The molecule has 0 saturated carbocycles. The summed E-state index contributed by atoms with van der Waals surface area (Å²) in [5.41, 5.74) is 12.8. The van der Waals surface area contributed by atoms with Gasteiger partial charge in [0.2, 0.25) is 7.29 Å². The molecule has 1 heterocycles. The second-order valence-corrected chi connectivity index (χ2v) is 11.6. The Hall–Kier alpha value is -3.04. The molecule has 0 aliphatic rings. The van der Waals surface area contributed by atoms with Gasteiger partial charge in [-0.25, -0.2) is 0 Å². The highest BCUT2D eigenvalue weighted by Crippen LogP contribution is 2.45. The lowest BCUT2D eigenvalue weighted by molar-refractivity contribution is 0.503. The Balaban J connectivity index is 1.91. The van der Waals surface area contributed by atoms with Crippen molar-refractivity contribution in [3.05, 3.63) is 125 Å². The first-order chi connectivity index (χ1) is 16.3. The molecule has 174 valence electrons. The number of nitrogens with zero attached hydrogens (tertiary/aromatic N) is 1. The number of nitrogens with two attached hydrogens (primary N) is 1. The second-order valence-electron chi connectivity index (χ2n) is 9.10. The van der Waals surface area contributed by atoms with Crippen molar-refractivity contribution in [3.63, 3.8) is 0 Å². The summed E-state index contributed by atoms with van der Waals surface area (Å²) in [7, 11) is -3.29. The number of rotatable bonds is 7. The third-order valence-corrected chi connectivity index (χ3v) is 8.62. The van der Waals surface area contributed by atoms with Gasteiger partial charge < -0.3 is 5.73 Å². The average molecular weight is 470 g/mol. The van der Waals surface area contributed by atoms with Crippen molar-refractivity contribution in [1.29, 1.82) is 0 Å². The second kappa shape index (κ2) is 10.1. The fourth-order valence-electron chi connectivity index (χ4n) is 4.53. The fraction of sp³-hybridized carbons (Fsp3) is 0.207. The van der Waals surface area contributed by atoms with Crippen molar-refractivity contribution < 1.29 is 4.57 Å². The number of pyridine rings is 1. The Kier molecular flexibility index (Phi) is 7.13. The molecule has 3 N–H and O–H groups in total. The van der Waals surface area contributed by atoms with Gasteiger partial charge >= 0.3 is 0 Å². The van der Waals surface area contributed by atoms with E-state index in [0.717, 1.165) is 44.1 Å². The first-order valence-electron chi connectivity index (χ1n) is 11.5. The predicted molar refractivity (Wildman–Crippen MR) is 142 cm³/mol. The molecule has 0 fully saturated rings. The van der Waals surface area contributed by atoms with Crippen molar-refractivity contribution in [2.24, 2.45) is 5.73 Å². The lowest BCUT2D eigenvalue weighted by atomic mass is 9.98. The number of hydrogen-bond acceptors (Lipinski definition) is 3. The highest BCUT2D eigenvalue weighted by Gasteiger charge is 2.35. The van der Waals surface area contributed by atoms with Crippen LogP contribution in [0.2, 0.25) is 0 Å². The summed E-state index contributed by atoms with van der Waals surface area (Å²) >= 11 is 0. The van der Waals surface area contributed by atoms with Gasteiger partial charge in [-0.2, -0.15) is 0 Å². The van der Waals surface area contributed by atoms with Crippen molar-refractivity contribution >= 4 is 17.9 Å². The van der Waals surface area contributed by atoms with E-state index >= 15 is 4.57 Å². The van der Waals surface area contributed by atoms with Gasteiger partial charge in [-0.05, 0) is 69.7 Å². The summed E-state index contributed by atoms with van der Waals surface area (Å²) in [6.45, 7) is 8.15. The van der Waals surface area contributed by atoms with Crippen LogP contribution in [0.25, 0.3) is 0 Å². The predicted octanol–water partition coefficient (Wildman–Crippen LogP) is 5.58. The smallest absolute Gasteiger partial charge is 0.205 e. The zero-order chi connectivity index (χ0) is 24.3. The van der Waals surface area contributed by atoms with Gasteiger partial charge in [-0.3, -0.25) is 14.6 Å². The molecule has 4 aromatic rings. The maximum Gasteiger partial charge on any atom is 0.205 e. The molecule has 0 aliphatic heterocycles. The average Bonchev–Trinajstić information content (AvgIpc) is 2.82. The Labute approximate surface area is 202 Å². The van der Waals surface area contributed by atoms with Crippen LogP contribution in [-0.2, 0) is 4.57 Å². The SMILES string of the molecule is Cc1cc(C)cc(P(=O)(N[C@@H](c2ccccc2)[C@@H](N)c2ccccn2)c2cc(C)cc(C)c2)c1. The van der Waals surface area contributed by atoms with Crippen molar-refractivity contribution in [2.75, 3.05) is 0 Å². The van der Waals surface area contributed by atoms with Crippen molar-refractivity contribution in [2.45, 2.75) is 39.8 Å². The lowest BCUT2D eigenvalue weighted by Crippen LogP contribution is -2.36. The van der Waals surface area contributed by atoms with Crippen LogP contribution in [-0.4, -0.2) is 4.98 Å². The number of aryl methyl sites for hydroxylation is 4. The highest BCUT2D eigenvalue weighted by atomic mass is 31.2. The van der Waals surface area contributed by atoms with Crippen LogP contribution in [0.4, 0.5) is 0 Å². The van der Waals surface area contributed by atoms with Crippen molar-refractivity contribution in [1.82, 2.24) is 10.1 Å². The number of benzene rings is 3. The zero-order valence-corrected chi connectivity index (χ0v) is 21.1. The Morgan fingerprint density at radius 1 is 0.735 bits per heavy atom. The monoisotopic (exact) mass is 469 g/mol. The topological polar surface area (TPSA) is 68.0 Å². The van der Waals surface area contributed by atoms with E-state index in [-0.39, 0.29) is 0 Å². The molecular formula is C29H32N3OP. The normalized spacial score (nSPS) is 13.4. The van der Waals surface area contributed by atoms with Gasteiger partial charge in [0.1, 0.15) is 0 Å². The van der Waals surface area contributed by atoms with Crippen LogP contribution in [0.3, 0.4) is 0 Å². The molecule has 3 aromatic carbocycles. The number of hydrogen-bond donors (Lipinski definition) is 2. The molecule has 0 amide bonds. The van der Waals surface area contributed by atoms with Gasteiger partial charge in [-0.15, -0.1) is 0 Å². The molecule has 4 nitrogen and oxygen atoms in total. The van der Waals surface area contributed by atoms with E-state index in [1.807, 2.05) is 100 Å². The van der Waals surface area contributed by atoms with Crippen LogP contribution >= 0.6 is 7.29 Å². The lowest BCUT2D eigenvalue weighted by Gasteiger charge is -2.31. The van der Waals surface area contributed by atoms with E-state index in [0.29, 0.717) is 0 Å². The highest BCUT2D eigenvalue weighted by molar-refractivity contribution is 7.77. The van der Waals surface area contributed by atoms with Crippen LogP contribution in [0.1, 0.15) is 45.6 Å². The van der Waals surface area contributed by atoms with E-state index in [9.17, 15) is 0 Å². The third kappa shape index (κ3) is 5.20. The van der Waals surface area contributed by atoms with Crippen LogP contribution in [0, 0.1) is 27.7 Å². The molecule has 1 aromatic heterocycles. The van der Waals surface area contributed by atoms with Gasteiger partial charge in [0.15, 0.2) is 0 Å². The quantitative estimate of drug-likeness (QED) is 0.347. The molecule has 0 spiro atoms. The molecule has 0 aliphatic carbocycles. The third-order valence-electron chi connectivity index (χ3n) is 6.01. The van der Waals surface area contributed by atoms with E-state index in [4.69, 9.17) is 5.73 Å². The molecule has 0 bridgehead atoms. The Morgan fingerprint density at radius 2 is 1.24 bits per heavy atom. The standard InChI is InChI=1S/C29H32N3OP/c1-20-14-21(2)17-25(16-20)34(33,26-18-22(3)15-23(4)19-26)32-29(24-10-6-5-7-11-24)28(30)27-12-8-9-13-31-27/h5-19,28-29H,30H2,1-4H3,(H,32,33)/t28-,29-/m0/s1. The molecule has 2 atom stereocenters. The minimum atomic E-state index is -3.29. The largest absolute Gasteiger partial charge is 0.321 e. The Morgan fingerprint density at radius 3 is 1.71 bits per heavy atom. The van der Waals surface area contributed by atoms with Gasteiger partial charge in [0.05, 0.1) is 17.8 Å². The summed E-state index contributed by atoms with van der Waals surface area (Å²) in [5.74, 6) is 0. The zero-order valence-electron chi connectivity index (χ0n) is 20.2. The molecule has 0 unspecified atom stereocenters. The van der Waals surface area contributed by atoms with Crippen LogP contribution in [0.15, 0.2) is 91.1 Å².